The van der Waals surface area contributed by atoms with Crippen LogP contribution >= 0.6 is 35.3 Å². The number of benzene rings is 1. The molecule has 0 atom stereocenters. The highest BCUT2D eigenvalue weighted by Gasteiger charge is 2.08. The lowest BCUT2D eigenvalue weighted by Gasteiger charge is -2.11. The molecule has 8 heteroatoms. The van der Waals surface area contributed by atoms with Gasteiger partial charge >= 0.3 is 0 Å². The molecule has 0 aliphatic rings. The van der Waals surface area contributed by atoms with Crippen LogP contribution in [0.1, 0.15) is 16.8 Å². The Morgan fingerprint density at radius 1 is 1.27 bits per heavy atom. The molecule has 0 radical (unpaired) electrons. The summed E-state index contributed by atoms with van der Waals surface area (Å²) < 4.78 is 18.8. The third-order valence-corrected chi connectivity index (χ3v) is 4.48. The van der Waals surface area contributed by atoms with Crippen LogP contribution in [0.2, 0.25) is 0 Å². The second-order valence-electron chi connectivity index (χ2n) is 5.48. The fourth-order valence-electron chi connectivity index (χ4n) is 2.30. The number of aryl methyl sites for hydroxylation is 1. The summed E-state index contributed by atoms with van der Waals surface area (Å²) in [6, 6.07) is 8.99. The van der Waals surface area contributed by atoms with Gasteiger partial charge in [-0.25, -0.2) is 9.37 Å². The van der Waals surface area contributed by atoms with E-state index >= 15 is 0 Å². The summed E-state index contributed by atoms with van der Waals surface area (Å²) in [6.07, 6.45) is 1.64. The molecular formula is C18H20FIN4OS. The zero-order valence-electron chi connectivity index (χ0n) is 14.5. The van der Waals surface area contributed by atoms with Gasteiger partial charge in [0, 0.05) is 13.6 Å². The Hall–Kier alpha value is -1.94. The van der Waals surface area contributed by atoms with E-state index in [9.17, 15) is 4.39 Å². The van der Waals surface area contributed by atoms with Crippen molar-refractivity contribution in [2.75, 3.05) is 7.05 Å². The van der Waals surface area contributed by atoms with E-state index in [1.165, 1.54) is 6.07 Å². The smallest absolute Gasteiger partial charge is 0.236 e. The fourth-order valence-corrected chi connectivity index (χ4v) is 2.95. The minimum Gasteiger partial charge on any atom is -0.443 e. The molecule has 138 valence electrons. The Morgan fingerprint density at radius 3 is 2.77 bits per heavy atom. The number of aliphatic imine (C=N–C) groups is 1. The Morgan fingerprint density at radius 2 is 2.08 bits per heavy atom. The molecule has 2 aromatic heterocycles. The van der Waals surface area contributed by atoms with E-state index in [0.29, 0.717) is 30.5 Å². The van der Waals surface area contributed by atoms with Crippen LogP contribution in [0.3, 0.4) is 0 Å². The van der Waals surface area contributed by atoms with Crippen LogP contribution < -0.4 is 10.6 Å². The van der Waals surface area contributed by atoms with E-state index in [-0.39, 0.29) is 29.8 Å². The van der Waals surface area contributed by atoms with Gasteiger partial charge in [0.05, 0.1) is 17.1 Å². The lowest BCUT2D eigenvalue weighted by molar-refractivity contribution is 0.573. The van der Waals surface area contributed by atoms with Gasteiger partial charge < -0.3 is 15.1 Å². The summed E-state index contributed by atoms with van der Waals surface area (Å²) in [5.41, 5.74) is 2.41. The van der Waals surface area contributed by atoms with Gasteiger partial charge in [0.15, 0.2) is 5.96 Å². The van der Waals surface area contributed by atoms with E-state index in [1.54, 1.807) is 37.6 Å². The van der Waals surface area contributed by atoms with Gasteiger partial charge in [-0.1, -0.05) is 18.2 Å². The van der Waals surface area contributed by atoms with Crippen molar-refractivity contribution in [3.05, 3.63) is 64.6 Å². The molecule has 0 amide bonds. The van der Waals surface area contributed by atoms with E-state index in [2.05, 4.69) is 20.6 Å². The number of hydrogen-bond acceptors (Lipinski definition) is 4. The van der Waals surface area contributed by atoms with Crippen molar-refractivity contribution >= 4 is 41.3 Å². The molecule has 5 nitrogen and oxygen atoms in total. The molecule has 0 saturated carbocycles. The molecule has 0 bridgehead atoms. The van der Waals surface area contributed by atoms with Crippen LogP contribution in [0.15, 0.2) is 51.4 Å². The van der Waals surface area contributed by atoms with Crippen LogP contribution in [-0.4, -0.2) is 18.0 Å². The molecule has 3 aromatic rings. The fraction of sp³-hybridized carbons (Fsp3) is 0.222. The summed E-state index contributed by atoms with van der Waals surface area (Å²) in [6.45, 7) is 2.80. The molecule has 3 rings (SSSR count). The molecular weight excluding hydrogens is 466 g/mol. The van der Waals surface area contributed by atoms with E-state index in [4.69, 9.17) is 4.42 Å². The third kappa shape index (κ3) is 5.28. The zero-order chi connectivity index (χ0) is 17.6. The highest BCUT2D eigenvalue weighted by molar-refractivity contribution is 14.0. The molecule has 26 heavy (non-hydrogen) atoms. The third-order valence-electron chi connectivity index (χ3n) is 3.63. The summed E-state index contributed by atoms with van der Waals surface area (Å²) in [7, 11) is 1.70. The first-order chi connectivity index (χ1) is 12.2. The molecule has 0 fully saturated rings. The monoisotopic (exact) mass is 486 g/mol. The molecule has 0 spiro atoms. The van der Waals surface area contributed by atoms with Crippen molar-refractivity contribution in [1.29, 1.82) is 0 Å². The van der Waals surface area contributed by atoms with Crippen LogP contribution in [-0.2, 0) is 13.1 Å². The predicted molar refractivity (Wildman–Crippen MR) is 113 cm³/mol. The van der Waals surface area contributed by atoms with E-state index in [0.717, 1.165) is 16.1 Å². The number of halogens is 2. The number of aromatic nitrogens is 1. The zero-order valence-corrected chi connectivity index (χ0v) is 17.6. The summed E-state index contributed by atoms with van der Waals surface area (Å²) in [4.78, 5) is 9.63. The van der Waals surface area contributed by atoms with Crippen molar-refractivity contribution in [1.82, 2.24) is 15.6 Å². The number of oxazole rings is 1. The number of hydrogen-bond donors (Lipinski definition) is 2. The van der Waals surface area contributed by atoms with Crippen LogP contribution in [0, 0.1) is 12.7 Å². The van der Waals surface area contributed by atoms with Crippen molar-refractivity contribution in [3.8, 4) is 10.8 Å². The van der Waals surface area contributed by atoms with Gasteiger partial charge in [-0.2, -0.15) is 0 Å². The van der Waals surface area contributed by atoms with Gasteiger partial charge in [0.1, 0.15) is 12.1 Å². The van der Waals surface area contributed by atoms with E-state index in [1.807, 2.05) is 23.6 Å². The first-order valence-corrected chi connectivity index (χ1v) is 8.71. The number of thiophene rings is 1. The number of nitrogens with one attached hydrogen (secondary N) is 2. The Kier molecular flexibility index (Phi) is 7.58. The number of nitrogens with zero attached hydrogens (tertiary/aromatic N) is 2. The molecule has 0 unspecified atom stereocenters. The Labute approximate surface area is 172 Å². The largest absolute Gasteiger partial charge is 0.443 e. The van der Waals surface area contributed by atoms with Crippen molar-refractivity contribution in [3.63, 3.8) is 0 Å². The van der Waals surface area contributed by atoms with Gasteiger partial charge in [0.2, 0.25) is 5.89 Å². The van der Waals surface area contributed by atoms with Crippen molar-refractivity contribution in [2.45, 2.75) is 20.0 Å². The number of rotatable bonds is 5. The molecule has 0 aliphatic carbocycles. The maximum absolute atomic E-state index is 13.3. The molecule has 0 saturated heterocycles. The highest BCUT2D eigenvalue weighted by Crippen LogP contribution is 2.23. The quantitative estimate of drug-likeness (QED) is 0.320. The van der Waals surface area contributed by atoms with Gasteiger partial charge in [-0.05, 0) is 35.6 Å². The summed E-state index contributed by atoms with van der Waals surface area (Å²) >= 11 is 1.59. The molecule has 2 heterocycles. The first-order valence-electron chi connectivity index (χ1n) is 7.83. The normalized spacial score (nSPS) is 11.1. The first kappa shape index (κ1) is 20.4. The average molecular weight is 486 g/mol. The predicted octanol–water partition coefficient (Wildman–Crippen LogP) is 4.33. The maximum atomic E-state index is 13.3. The topological polar surface area (TPSA) is 62.5 Å². The second kappa shape index (κ2) is 9.67. The Balaban J connectivity index is 0.00000243. The minimum atomic E-state index is -0.196. The maximum Gasteiger partial charge on any atom is 0.236 e. The SMILES string of the molecule is CN=C(NCc1ccc(F)c(C)c1)NCc1coc(-c2cccs2)n1.I. The molecule has 0 aliphatic heterocycles. The number of guanidine groups is 1. The van der Waals surface area contributed by atoms with Crippen molar-refractivity contribution in [2.24, 2.45) is 4.99 Å². The second-order valence-corrected chi connectivity index (χ2v) is 6.43. The Bertz CT molecular complexity index is 864. The lowest BCUT2D eigenvalue weighted by Crippen LogP contribution is -2.36. The standard InChI is InChI=1S/C18H19FN4OS.HI/c1-12-8-13(5-6-15(12)19)9-21-18(20-2)22-10-14-11-24-17(23-14)16-4-3-7-25-16;/h3-8,11H,9-10H2,1-2H3,(H2,20,21,22);1H. The van der Waals surface area contributed by atoms with Gasteiger partial charge in [-0.3, -0.25) is 4.99 Å². The molecule has 2 N–H and O–H groups in total. The summed E-state index contributed by atoms with van der Waals surface area (Å²) in [5, 5.41) is 8.37. The minimum absolute atomic E-state index is 0. The van der Waals surface area contributed by atoms with Crippen LogP contribution in [0.25, 0.3) is 10.8 Å². The van der Waals surface area contributed by atoms with Crippen LogP contribution in [0.4, 0.5) is 4.39 Å². The van der Waals surface area contributed by atoms with Crippen LogP contribution in [0.5, 0.6) is 0 Å². The van der Waals surface area contributed by atoms with E-state index < -0.39 is 0 Å². The van der Waals surface area contributed by atoms with Gasteiger partial charge in [-0.15, -0.1) is 35.3 Å². The molecule has 1 aromatic carbocycles. The summed E-state index contributed by atoms with van der Waals surface area (Å²) in [5.74, 6) is 1.07. The van der Waals surface area contributed by atoms with Crippen molar-refractivity contribution < 1.29 is 8.81 Å². The highest BCUT2D eigenvalue weighted by atomic mass is 127. The van der Waals surface area contributed by atoms with Gasteiger partial charge in [0.25, 0.3) is 0 Å². The average Bonchev–Trinajstić information content (AvgIpc) is 3.29. The lowest BCUT2D eigenvalue weighted by atomic mass is 10.1.